The molecule has 1 aromatic rings. The molecule has 0 spiro atoms. The fraction of sp³-hybridized carbons (Fsp3) is 0.571. The molecule has 0 aromatic heterocycles. The molecule has 1 saturated carbocycles. The summed E-state index contributed by atoms with van der Waals surface area (Å²) in [6.07, 6.45) is 1.53. The van der Waals surface area contributed by atoms with Gasteiger partial charge in [0.25, 0.3) is 0 Å². The molecule has 0 saturated heterocycles. The molecule has 0 radical (unpaired) electrons. The quantitative estimate of drug-likeness (QED) is 0.617. The lowest BCUT2D eigenvalue weighted by Gasteiger charge is -2.33. The zero-order valence-electron chi connectivity index (χ0n) is 12.0. The topological polar surface area (TPSA) is 70.8 Å². The number of ether oxygens (including phenoxy) is 3. The third-order valence-corrected chi connectivity index (χ3v) is 3.66. The first-order valence-corrected chi connectivity index (χ1v) is 6.69. The molecule has 7 heteroatoms. The van der Waals surface area contributed by atoms with Gasteiger partial charge in [-0.2, -0.15) is 0 Å². The van der Waals surface area contributed by atoms with E-state index >= 15 is 0 Å². The predicted molar refractivity (Wildman–Crippen MR) is 72.9 cm³/mol. The van der Waals surface area contributed by atoms with E-state index in [1.165, 1.54) is 0 Å². The molecule has 0 bridgehead atoms. The van der Waals surface area contributed by atoms with Crippen LogP contribution in [0.4, 0.5) is 10.1 Å². The van der Waals surface area contributed by atoms with Crippen molar-refractivity contribution in [3.8, 4) is 5.75 Å². The molecule has 1 unspecified atom stereocenters. The number of halogens is 1. The SMILES string of the molecule is CO[C@@H]1CC(Oc2cc(F)ccc2[N+](=O)[O-])C[C@H](OC)C1. The van der Waals surface area contributed by atoms with Gasteiger partial charge in [0.1, 0.15) is 11.9 Å². The van der Waals surface area contributed by atoms with Crippen molar-refractivity contribution in [1.29, 1.82) is 0 Å². The van der Waals surface area contributed by atoms with Gasteiger partial charge in [0.2, 0.25) is 0 Å². The van der Waals surface area contributed by atoms with E-state index in [2.05, 4.69) is 0 Å². The normalized spacial score (nSPS) is 25.6. The maximum absolute atomic E-state index is 13.3. The molecule has 21 heavy (non-hydrogen) atoms. The van der Waals surface area contributed by atoms with E-state index in [1.54, 1.807) is 14.2 Å². The Morgan fingerprint density at radius 3 is 2.24 bits per heavy atom. The average Bonchev–Trinajstić information content (AvgIpc) is 2.46. The summed E-state index contributed by atoms with van der Waals surface area (Å²) in [5.74, 6) is -0.630. The highest BCUT2D eigenvalue weighted by Crippen LogP contribution is 2.32. The van der Waals surface area contributed by atoms with Crippen LogP contribution in [0.15, 0.2) is 18.2 Å². The second-order valence-corrected chi connectivity index (χ2v) is 5.03. The molecule has 0 N–H and O–H groups in total. The second-order valence-electron chi connectivity index (χ2n) is 5.03. The number of nitro benzene ring substituents is 1. The van der Waals surface area contributed by atoms with Gasteiger partial charge in [0, 0.05) is 45.6 Å². The number of hydrogen-bond donors (Lipinski definition) is 0. The van der Waals surface area contributed by atoms with E-state index in [0.29, 0.717) is 12.8 Å². The lowest BCUT2D eigenvalue weighted by Crippen LogP contribution is -2.38. The van der Waals surface area contributed by atoms with Gasteiger partial charge in [-0.3, -0.25) is 10.1 Å². The van der Waals surface area contributed by atoms with Crippen LogP contribution in [0.2, 0.25) is 0 Å². The lowest BCUT2D eigenvalue weighted by atomic mass is 9.92. The van der Waals surface area contributed by atoms with Gasteiger partial charge < -0.3 is 14.2 Å². The van der Waals surface area contributed by atoms with Crippen molar-refractivity contribution in [3.63, 3.8) is 0 Å². The van der Waals surface area contributed by atoms with Crippen LogP contribution in [-0.2, 0) is 9.47 Å². The van der Waals surface area contributed by atoms with Crippen molar-refractivity contribution in [2.45, 2.75) is 37.6 Å². The van der Waals surface area contributed by atoms with Crippen molar-refractivity contribution < 1.29 is 23.5 Å². The van der Waals surface area contributed by atoms with E-state index in [9.17, 15) is 14.5 Å². The highest BCUT2D eigenvalue weighted by Gasteiger charge is 2.31. The first-order valence-electron chi connectivity index (χ1n) is 6.69. The molecular formula is C14H18FNO5. The van der Waals surface area contributed by atoms with Gasteiger partial charge >= 0.3 is 5.69 Å². The van der Waals surface area contributed by atoms with E-state index in [0.717, 1.165) is 24.6 Å². The molecule has 1 aromatic carbocycles. The van der Waals surface area contributed by atoms with Crippen molar-refractivity contribution in [3.05, 3.63) is 34.1 Å². The van der Waals surface area contributed by atoms with E-state index in [-0.39, 0.29) is 29.7 Å². The van der Waals surface area contributed by atoms with Crippen LogP contribution < -0.4 is 4.74 Å². The van der Waals surface area contributed by atoms with E-state index in [1.807, 2.05) is 0 Å². The summed E-state index contributed by atoms with van der Waals surface area (Å²) in [5.41, 5.74) is -0.245. The number of methoxy groups -OCH3 is 2. The molecule has 1 fully saturated rings. The summed E-state index contributed by atoms with van der Waals surface area (Å²) >= 11 is 0. The molecule has 1 aliphatic rings. The van der Waals surface area contributed by atoms with Crippen molar-refractivity contribution in [2.75, 3.05) is 14.2 Å². The Balaban J connectivity index is 2.16. The smallest absolute Gasteiger partial charge is 0.311 e. The maximum Gasteiger partial charge on any atom is 0.311 e. The van der Waals surface area contributed by atoms with Crippen LogP contribution in [0.3, 0.4) is 0 Å². The van der Waals surface area contributed by atoms with Crippen molar-refractivity contribution in [2.24, 2.45) is 0 Å². The van der Waals surface area contributed by atoms with Gasteiger partial charge in [-0.15, -0.1) is 0 Å². The Bertz CT molecular complexity index is 498. The zero-order valence-corrected chi connectivity index (χ0v) is 12.0. The van der Waals surface area contributed by atoms with Gasteiger partial charge in [-0.25, -0.2) is 4.39 Å². The Hall–Kier alpha value is -1.73. The van der Waals surface area contributed by atoms with E-state index in [4.69, 9.17) is 14.2 Å². The maximum atomic E-state index is 13.3. The average molecular weight is 299 g/mol. The predicted octanol–water partition coefficient (Wildman–Crippen LogP) is 2.70. The monoisotopic (exact) mass is 299 g/mol. The minimum atomic E-state index is -0.584. The molecule has 0 heterocycles. The fourth-order valence-electron chi connectivity index (χ4n) is 2.56. The second kappa shape index (κ2) is 6.82. The van der Waals surface area contributed by atoms with Gasteiger partial charge in [0.15, 0.2) is 5.75 Å². The Labute approximate surface area is 122 Å². The standard InChI is InChI=1S/C14H18FNO5/c1-19-10-6-11(20-2)8-12(7-10)21-14-5-9(15)3-4-13(14)16(17)18/h3-5,10-12H,6-8H2,1-2H3/t10-,11+,12?. The van der Waals surface area contributed by atoms with Crippen molar-refractivity contribution >= 4 is 5.69 Å². The molecule has 0 aliphatic heterocycles. The molecule has 2 rings (SSSR count). The summed E-state index contributed by atoms with van der Waals surface area (Å²) in [6, 6.07) is 3.19. The zero-order chi connectivity index (χ0) is 15.4. The summed E-state index contributed by atoms with van der Waals surface area (Å²) in [5, 5.41) is 11.0. The van der Waals surface area contributed by atoms with Crippen LogP contribution in [0, 0.1) is 15.9 Å². The molecule has 116 valence electrons. The Kier molecular flexibility index (Phi) is 5.08. The molecule has 1 aliphatic carbocycles. The summed E-state index contributed by atoms with van der Waals surface area (Å²) in [4.78, 5) is 10.4. The summed E-state index contributed by atoms with van der Waals surface area (Å²) in [6.45, 7) is 0. The molecule has 6 nitrogen and oxygen atoms in total. The number of nitrogens with zero attached hydrogens (tertiary/aromatic N) is 1. The number of hydrogen-bond acceptors (Lipinski definition) is 5. The molecule has 3 atom stereocenters. The van der Waals surface area contributed by atoms with Crippen LogP contribution >= 0.6 is 0 Å². The van der Waals surface area contributed by atoms with Crippen LogP contribution in [0.25, 0.3) is 0 Å². The van der Waals surface area contributed by atoms with Crippen LogP contribution in [-0.4, -0.2) is 37.5 Å². The van der Waals surface area contributed by atoms with Gasteiger partial charge in [-0.05, 0) is 6.07 Å². The number of rotatable bonds is 5. The Morgan fingerprint density at radius 1 is 1.14 bits per heavy atom. The minimum Gasteiger partial charge on any atom is -0.483 e. The van der Waals surface area contributed by atoms with Gasteiger partial charge in [0.05, 0.1) is 17.1 Å². The lowest BCUT2D eigenvalue weighted by molar-refractivity contribution is -0.386. The van der Waals surface area contributed by atoms with E-state index < -0.39 is 10.7 Å². The summed E-state index contributed by atoms with van der Waals surface area (Å²) < 4.78 is 29.6. The van der Waals surface area contributed by atoms with Crippen LogP contribution in [0.1, 0.15) is 19.3 Å². The molecule has 0 amide bonds. The minimum absolute atomic E-state index is 0.0404. The van der Waals surface area contributed by atoms with Crippen LogP contribution in [0.5, 0.6) is 5.75 Å². The Morgan fingerprint density at radius 2 is 1.71 bits per heavy atom. The highest BCUT2D eigenvalue weighted by molar-refractivity contribution is 5.46. The number of benzene rings is 1. The van der Waals surface area contributed by atoms with Crippen molar-refractivity contribution in [1.82, 2.24) is 0 Å². The largest absolute Gasteiger partial charge is 0.483 e. The molecular weight excluding hydrogens is 281 g/mol. The third kappa shape index (κ3) is 3.89. The first-order chi connectivity index (χ1) is 10.0. The fourth-order valence-corrected chi connectivity index (χ4v) is 2.56. The summed E-state index contributed by atoms with van der Waals surface area (Å²) in [7, 11) is 3.20. The highest BCUT2D eigenvalue weighted by atomic mass is 19.1. The number of nitro groups is 1. The van der Waals surface area contributed by atoms with Gasteiger partial charge in [-0.1, -0.05) is 0 Å². The third-order valence-electron chi connectivity index (χ3n) is 3.66. The first kappa shape index (κ1) is 15.7.